The van der Waals surface area contributed by atoms with E-state index in [4.69, 9.17) is 16.3 Å². The van der Waals surface area contributed by atoms with Crippen LogP contribution in [-0.2, 0) is 18.4 Å². The zero-order chi connectivity index (χ0) is 21.8. The van der Waals surface area contributed by atoms with Gasteiger partial charge in [-0.2, -0.15) is 0 Å². The van der Waals surface area contributed by atoms with Crippen molar-refractivity contribution in [1.82, 2.24) is 14.8 Å². The number of amides is 1. The van der Waals surface area contributed by atoms with E-state index in [0.717, 1.165) is 16.5 Å². The van der Waals surface area contributed by atoms with E-state index in [0.29, 0.717) is 16.7 Å². The van der Waals surface area contributed by atoms with Crippen molar-refractivity contribution in [3.05, 3.63) is 77.3 Å². The minimum absolute atomic E-state index is 0.0467. The average molecular weight is 457 g/mol. The fourth-order valence-corrected chi connectivity index (χ4v) is 3.87. The van der Waals surface area contributed by atoms with Gasteiger partial charge in [0.1, 0.15) is 18.2 Å². The van der Waals surface area contributed by atoms with Crippen molar-refractivity contribution in [1.29, 1.82) is 0 Å². The molecule has 6 nitrogen and oxygen atoms in total. The van der Waals surface area contributed by atoms with Gasteiger partial charge in [0.2, 0.25) is 5.91 Å². The summed E-state index contributed by atoms with van der Waals surface area (Å²) in [5.41, 5.74) is 0.430. The molecule has 31 heavy (non-hydrogen) atoms. The van der Waals surface area contributed by atoms with E-state index < -0.39 is 5.82 Å². The van der Waals surface area contributed by atoms with Crippen molar-refractivity contribution in [2.45, 2.75) is 11.8 Å². The van der Waals surface area contributed by atoms with Gasteiger partial charge in [0.05, 0.1) is 10.8 Å². The van der Waals surface area contributed by atoms with Gasteiger partial charge in [-0.15, -0.1) is 10.2 Å². The maximum absolute atomic E-state index is 13.2. The highest BCUT2D eigenvalue weighted by molar-refractivity contribution is 7.99. The molecular formula is C22H18ClFN4O2S. The van der Waals surface area contributed by atoms with Crippen LogP contribution in [0.25, 0.3) is 10.8 Å². The molecule has 1 aromatic heterocycles. The van der Waals surface area contributed by atoms with E-state index in [1.54, 1.807) is 4.57 Å². The molecule has 0 spiro atoms. The fourth-order valence-electron chi connectivity index (χ4n) is 2.96. The van der Waals surface area contributed by atoms with Crippen molar-refractivity contribution >= 4 is 45.7 Å². The van der Waals surface area contributed by atoms with Crippen LogP contribution < -0.4 is 10.1 Å². The third kappa shape index (κ3) is 4.98. The predicted octanol–water partition coefficient (Wildman–Crippen LogP) is 5.07. The van der Waals surface area contributed by atoms with Crippen LogP contribution in [0.4, 0.5) is 10.1 Å². The van der Waals surface area contributed by atoms with Crippen LogP contribution in [0.3, 0.4) is 0 Å². The normalized spacial score (nSPS) is 10.9. The first kappa shape index (κ1) is 21.1. The van der Waals surface area contributed by atoms with Crippen molar-refractivity contribution in [3.8, 4) is 5.75 Å². The topological polar surface area (TPSA) is 69.0 Å². The number of thioether (sulfide) groups is 1. The lowest BCUT2D eigenvalue weighted by molar-refractivity contribution is -0.113. The Morgan fingerprint density at radius 1 is 1.16 bits per heavy atom. The molecule has 0 bridgehead atoms. The molecule has 4 rings (SSSR count). The third-order valence-electron chi connectivity index (χ3n) is 4.57. The number of hydrogen-bond donors (Lipinski definition) is 1. The molecule has 0 fully saturated rings. The van der Waals surface area contributed by atoms with Crippen LogP contribution in [0.15, 0.2) is 65.8 Å². The summed E-state index contributed by atoms with van der Waals surface area (Å²) in [6.45, 7) is 0.248. The lowest BCUT2D eigenvalue weighted by Gasteiger charge is -2.09. The van der Waals surface area contributed by atoms with Crippen LogP contribution in [0.2, 0.25) is 5.02 Å². The number of rotatable bonds is 7. The van der Waals surface area contributed by atoms with Crippen LogP contribution in [0.1, 0.15) is 5.82 Å². The molecule has 1 N–H and O–H groups in total. The zero-order valence-electron chi connectivity index (χ0n) is 16.5. The monoisotopic (exact) mass is 456 g/mol. The molecule has 9 heteroatoms. The van der Waals surface area contributed by atoms with Gasteiger partial charge in [0, 0.05) is 18.1 Å². The highest BCUT2D eigenvalue weighted by Crippen LogP contribution is 2.26. The zero-order valence-corrected chi connectivity index (χ0v) is 18.1. The van der Waals surface area contributed by atoms with Gasteiger partial charge >= 0.3 is 0 Å². The Morgan fingerprint density at radius 2 is 1.97 bits per heavy atom. The molecular weight excluding hydrogens is 439 g/mol. The van der Waals surface area contributed by atoms with Crippen molar-refractivity contribution in [3.63, 3.8) is 0 Å². The summed E-state index contributed by atoms with van der Waals surface area (Å²) in [4.78, 5) is 12.2. The molecule has 0 aliphatic rings. The number of halogens is 2. The molecule has 3 aromatic carbocycles. The molecule has 1 heterocycles. The molecule has 0 atom stereocenters. The summed E-state index contributed by atoms with van der Waals surface area (Å²) < 4.78 is 21.0. The Morgan fingerprint density at radius 3 is 2.81 bits per heavy atom. The maximum atomic E-state index is 13.2. The van der Waals surface area contributed by atoms with Crippen molar-refractivity contribution in [2.24, 2.45) is 7.05 Å². The largest absolute Gasteiger partial charge is 0.485 e. The summed E-state index contributed by atoms with van der Waals surface area (Å²) in [7, 11) is 1.82. The van der Waals surface area contributed by atoms with Crippen LogP contribution >= 0.6 is 23.4 Å². The number of anilines is 1. The quantitative estimate of drug-likeness (QED) is 0.393. The van der Waals surface area contributed by atoms with Crippen LogP contribution in [0.5, 0.6) is 5.75 Å². The number of carbonyl (C=O) groups is 1. The smallest absolute Gasteiger partial charge is 0.234 e. The summed E-state index contributed by atoms with van der Waals surface area (Å²) in [5.74, 6) is 0.731. The first-order valence-corrected chi connectivity index (χ1v) is 10.7. The second kappa shape index (κ2) is 9.36. The van der Waals surface area contributed by atoms with Crippen LogP contribution in [0, 0.1) is 5.82 Å². The number of fused-ring (bicyclic) bond motifs is 1. The average Bonchev–Trinajstić information content (AvgIpc) is 3.12. The SMILES string of the molecule is Cn1c(COc2cccc3ccccc23)nnc1SCC(=O)Nc1ccc(F)c(Cl)c1. The second-order valence-electron chi connectivity index (χ2n) is 6.69. The fraction of sp³-hybridized carbons (Fsp3) is 0.136. The van der Waals surface area contributed by atoms with Gasteiger partial charge in [-0.05, 0) is 29.7 Å². The van der Waals surface area contributed by atoms with Gasteiger partial charge in [-0.3, -0.25) is 4.79 Å². The molecule has 0 unspecified atom stereocenters. The number of benzene rings is 3. The molecule has 0 aliphatic heterocycles. The molecule has 0 radical (unpaired) electrons. The lowest BCUT2D eigenvalue weighted by atomic mass is 10.1. The molecule has 158 valence electrons. The molecule has 0 saturated heterocycles. The highest BCUT2D eigenvalue weighted by atomic mass is 35.5. The molecule has 0 saturated carbocycles. The van der Waals surface area contributed by atoms with Gasteiger partial charge < -0.3 is 14.6 Å². The lowest BCUT2D eigenvalue weighted by Crippen LogP contribution is -2.14. The minimum Gasteiger partial charge on any atom is -0.485 e. The number of carbonyl (C=O) groups excluding carboxylic acids is 1. The third-order valence-corrected chi connectivity index (χ3v) is 5.88. The molecule has 4 aromatic rings. The number of ether oxygens (including phenoxy) is 1. The summed E-state index contributed by atoms with van der Waals surface area (Å²) in [6, 6.07) is 17.9. The summed E-state index contributed by atoms with van der Waals surface area (Å²) >= 11 is 6.98. The Balaban J connectivity index is 1.35. The predicted molar refractivity (Wildman–Crippen MR) is 120 cm³/mol. The van der Waals surface area contributed by atoms with Gasteiger partial charge in [0.25, 0.3) is 0 Å². The Labute approximate surface area is 187 Å². The maximum Gasteiger partial charge on any atom is 0.234 e. The van der Waals surface area contributed by atoms with Crippen molar-refractivity contribution in [2.75, 3.05) is 11.1 Å². The number of nitrogens with zero attached hydrogens (tertiary/aromatic N) is 3. The van der Waals surface area contributed by atoms with Gasteiger partial charge in [0.15, 0.2) is 11.0 Å². The summed E-state index contributed by atoms with van der Waals surface area (Å²) in [5, 5.41) is 13.7. The van der Waals surface area contributed by atoms with E-state index in [1.165, 1.54) is 30.0 Å². The minimum atomic E-state index is -0.536. The Bertz CT molecular complexity index is 1240. The Hall–Kier alpha value is -3.10. The number of aromatic nitrogens is 3. The summed E-state index contributed by atoms with van der Waals surface area (Å²) in [6.07, 6.45) is 0. The van der Waals surface area contributed by atoms with E-state index in [9.17, 15) is 9.18 Å². The van der Waals surface area contributed by atoms with Gasteiger partial charge in [-0.25, -0.2) is 4.39 Å². The van der Waals surface area contributed by atoms with E-state index >= 15 is 0 Å². The van der Waals surface area contributed by atoms with E-state index in [2.05, 4.69) is 15.5 Å². The van der Waals surface area contributed by atoms with Gasteiger partial charge in [-0.1, -0.05) is 59.8 Å². The highest BCUT2D eigenvalue weighted by Gasteiger charge is 2.13. The molecule has 1 amide bonds. The van der Waals surface area contributed by atoms with E-state index in [1.807, 2.05) is 49.5 Å². The van der Waals surface area contributed by atoms with Crippen LogP contribution in [-0.4, -0.2) is 26.4 Å². The van der Waals surface area contributed by atoms with E-state index in [-0.39, 0.29) is 23.3 Å². The Kier molecular flexibility index (Phi) is 6.39. The van der Waals surface area contributed by atoms with Crippen molar-refractivity contribution < 1.29 is 13.9 Å². The first-order valence-electron chi connectivity index (χ1n) is 9.38. The first-order chi connectivity index (χ1) is 15.0. The second-order valence-corrected chi connectivity index (χ2v) is 8.04. The number of hydrogen-bond acceptors (Lipinski definition) is 5. The number of nitrogens with one attached hydrogen (secondary N) is 1. The molecule has 0 aliphatic carbocycles. The standard InChI is InChI=1S/C22H18ClFN4O2S/c1-28-20(12-30-19-8-4-6-14-5-2-3-7-16(14)19)26-27-22(28)31-13-21(29)25-15-9-10-18(24)17(23)11-15/h2-11H,12-13H2,1H3,(H,25,29).